The number of nitrogens with zero attached hydrogens (tertiary/aromatic N) is 1. The number of carbonyl (C=O) groups is 2. The lowest BCUT2D eigenvalue weighted by Crippen LogP contribution is -2.48. The number of carbonyl (C=O) groups excluding carboxylic acids is 2. The second-order valence-electron chi connectivity index (χ2n) is 5.08. The van der Waals surface area contributed by atoms with Crippen molar-refractivity contribution in [3.63, 3.8) is 0 Å². The maximum absolute atomic E-state index is 11.6. The molecular weight excluding hydrogens is 234 g/mol. The third-order valence-corrected chi connectivity index (χ3v) is 3.09. The van der Waals surface area contributed by atoms with Crippen LogP contribution in [0.3, 0.4) is 0 Å². The summed E-state index contributed by atoms with van der Waals surface area (Å²) in [5.41, 5.74) is -0.620. The van der Waals surface area contributed by atoms with Crippen LogP contribution in [-0.4, -0.2) is 53.7 Å². The summed E-state index contributed by atoms with van der Waals surface area (Å²) < 4.78 is 0. The van der Waals surface area contributed by atoms with Gasteiger partial charge in [-0.05, 0) is 26.2 Å². The molecule has 0 atom stereocenters. The van der Waals surface area contributed by atoms with Crippen molar-refractivity contribution in [3.8, 4) is 0 Å². The lowest BCUT2D eigenvalue weighted by Gasteiger charge is -2.35. The average molecular weight is 257 g/mol. The lowest BCUT2D eigenvalue weighted by atomic mass is 9.94. The number of aliphatic hydroxyl groups is 1. The van der Waals surface area contributed by atoms with Crippen molar-refractivity contribution in [1.82, 2.24) is 15.5 Å². The molecule has 0 unspecified atom stereocenters. The summed E-state index contributed by atoms with van der Waals surface area (Å²) in [7, 11) is 0. The Hall–Kier alpha value is -1.14. The molecule has 6 nitrogen and oxygen atoms in total. The molecular formula is C12H23N3O3. The van der Waals surface area contributed by atoms with E-state index in [1.807, 2.05) is 18.7 Å². The fourth-order valence-electron chi connectivity index (χ4n) is 1.84. The second kappa shape index (κ2) is 6.70. The third-order valence-electron chi connectivity index (χ3n) is 3.09. The van der Waals surface area contributed by atoms with Gasteiger partial charge in [-0.2, -0.15) is 0 Å². The number of urea groups is 1. The number of imide groups is 1. The van der Waals surface area contributed by atoms with E-state index in [1.54, 1.807) is 0 Å². The van der Waals surface area contributed by atoms with Crippen LogP contribution in [0.1, 0.15) is 33.1 Å². The third kappa shape index (κ3) is 5.46. The van der Waals surface area contributed by atoms with Gasteiger partial charge in [-0.25, -0.2) is 4.79 Å². The Morgan fingerprint density at radius 3 is 2.50 bits per heavy atom. The fourth-order valence-corrected chi connectivity index (χ4v) is 1.84. The molecule has 0 aromatic carbocycles. The molecule has 1 fully saturated rings. The van der Waals surface area contributed by atoms with Gasteiger partial charge in [-0.15, -0.1) is 0 Å². The lowest BCUT2D eigenvalue weighted by molar-refractivity contribution is -0.122. The Labute approximate surface area is 108 Å². The zero-order valence-electron chi connectivity index (χ0n) is 11.2. The fraction of sp³-hybridized carbons (Fsp3) is 0.833. The van der Waals surface area contributed by atoms with Crippen LogP contribution in [-0.2, 0) is 4.79 Å². The van der Waals surface area contributed by atoms with Crippen LogP contribution < -0.4 is 10.6 Å². The minimum absolute atomic E-state index is 0.204. The predicted molar refractivity (Wildman–Crippen MR) is 68.1 cm³/mol. The quantitative estimate of drug-likeness (QED) is 0.665. The van der Waals surface area contributed by atoms with E-state index in [9.17, 15) is 14.7 Å². The van der Waals surface area contributed by atoms with Crippen molar-refractivity contribution in [3.05, 3.63) is 0 Å². The van der Waals surface area contributed by atoms with E-state index in [4.69, 9.17) is 0 Å². The molecule has 0 aromatic rings. The number of amides is 3. The highest BCUT2D eigenvalue weighted by molar-refractivity contribution is 5.95. The predicted octanol–water partition coefficient (Wildman–Crippen LogP) is 0.0690. The Balaban J connectivity index is 2.23. The summed E-state index contributed by atoms with van der Waals surface area (Å²) in [5.74, 6) is -0.301. The Bertz CT molecular complexity index is 295. The highest BCUT2D eigenvalue weighted by Crippen LogP contribution is 2.20. The molecule has 1 rings (SSSR count). The number of hydrogen-bond donors (Lipinski definition) is 3. The summed E-state index contributed by atoms with van der Waals surface area (Å²) in [5, 5.41) is 14.7. The number of piperidine rings is 1. The van der Waals surface area contributed by atoms with Gasteiger partial charge in [0, 0.05) is 19.6 Å². The van der Waals surface area contributed by atoms with E-state index >= 15 is 0 Å². The van der Waals surface area contributed by atoms with E-state index in [-0.39, 0.29) is 12.5 Å². The summed E-state index contributed by atoms with van der Waals surface area (Å²) in [6.45, 7) is 5.87. The van der Waals surface area contributed by atoms with Crippen LogP contribution in [0.2, 0.25) is 0 Å². The molecule has 1 aliphatic rings. The molecule has 0 aliphatic carbocycles. The van der Waals surface area contributed by atoms with Crippen LogP contribution in [0.5, 0.6) is 0 Å². The van der Waals surface area contributed by atoms with Crippen LogP contribution in [0.15, 0.2) is 0 Å². The second-order valence-corrected chi connectivity index (χ2v) is 5.08. The van der Waals surface area contributed by atoms with Gasteiger partial charge in [0.15, 0.2) is 0 Å². The number of rotatable bonds is 4. The summed E-state index contributed by atoms with van der Waals surface area (Å²) >= 11 is 0. The van der Waals surface area contributed by atoms with Crippen molar-refractivity contribution in [2.24, 2.45) is 0 Å². The highest BCUT2D eigenvalue weighted by atomic mass is 16.3. The van der Waals surface area contributed by atoms with E-state index in [0.29, 0.717) is 32.5 Å². The largest absolute Gasteiger partial charge is 0.390 e. The van der Waals surface area contributed by atoms with Gasteiger partial charge < -0.3 is 10.4 Å². The molecule has 3 amide bonds. The molecule has 0 radical (unpaired) electrons. The molecule has 0 saturated carbocycles. The smallest absolute Gasteiger partial charge is 0.321 e. The maximum atomic E-state index is 11.6. The Morgan fingerprint density at radius 1 is 1.33 bits per heavy atom. The summed E-state index contributed by atoms with van der Waals surface area (Å²) in [6.07, 6.45) is 2.15. The average Bonchev–Trinajstić information content (AvgIpc) is 2.29. The molecule has 1 aliphatic heterocycles. The van der Waals surface area contributed by atoms with Gasteiger partial charge in [-0.3, -0.25) is 15.0 Å². The molecule has 3 N–H and O–H groups in total. The van der Waals surface area contributed by atoms with Gasteiger partial charge in [0.2, 0.25) is 5.91 Å². The van der Waals surface area contributed by atoms with Crippen molar-refractivity contribution < 1.29 is 14.7 Å². The van der Waals surface area contributed by atoms with Crippen LogP contribution in [0.25, 0.3) is 0 Å². The molecule has 1 heterocycles. The van der Waals surface area contributed by atoms with Crippen molar-refractivity contribution in [2.75, 3.05) is 26.2 Å². The molecule has 18 heavy (non-hydrogen) atoms. The van der Waals surface area contributed by atoms with Gasteiger partial charge >= 0.3 is 6.03 Å². The van der Waals surface area contributed by atoms with E-state index < -0.39 is 11.6 Å². The maximum Gasteiger partial charge on any atom is 0.321 e. The normalized spacial score (nSPS) is 19.3. The number of hydrogen-bond acceptors (Lipinski definition) is 4. The first-order chi connectivity index (χ1) is 8.43. The number of nitrogens with one attached hydrogen (secondary N) is 2. The van der Waals surface area contributed by atoms with Crippen molar-refractivity contribution in [2.45, 2.75) is 38.7 Å². The molecule has 0 spiro atoms. The summed E-state index contributed by atoms with van der Waals surface area (Å²) in [6, 6.07) is -0.439. The number of likely N-dealkylation sites (tertiary alicyclic amines) is 1. The van der Waals surface area contributed by atoms with Crippen LogP contribution in [0, 0.1) is 0 Å². The van der Waals surface area contributed by atoms with Crippen molar-refractivity contribution >= 4 is 11.9 Å². The Morgan fingerprint density at radius 2 is 1.94 bits per heavy atom. The van der Waals surface area contributed by atoms with Gasteiger partial charge in [-0.1, -0.05) is 6.92 Å². The van der Waals surface area contributed by atoms with E-state index in [1.165, 1.54) is 0 Å². The zero-order chi connectivity index (χ0) is 13.6. The molecule has 0 bridgehead atoms. The first kappa shape index (κ1) is 14.9. The van der Waals surface area contributed by atoms with Crippen molar-refractivity contribution in [1.29, 1.82) is 0 Å². The zero-order valence-corrected chi connectivity index (χ0v) is 11.2. The van der Waals surface area contributed by atoms with Gasteiger partial charge in [0.25, 0.3) is 0 Å². The minimum atomic E-state index is -0.620. The standard InChI is InChI=1S/C12H23N3O3/c1-3-6-13-11(17)14-10(16)9-15-7-4-12(2,18)5-8-15/h18H,3-9H2,1-2H3,(H2,13,14,16,17). The van der Waals surface area contributed by atoms with Gasteiger partial charge in [0.1, 0.15) is 0 Å². The van der Waals surface area contributed by atoms with E-state index in [0.717, 1.165) is 6.42 Å². The molecule has 1 saturated heterocycles. The topological polar surface area (TPSA) is 81.7 Å². The highest BCUT2D eigenvalue weighted by Gasteiger charge is 2.28. The van der Waals surface area contributed by atoms with Crippen LogP contribution in [0.4, 0.5) is 4.79 Å². The summed E-state index contributed by atoms with van der Waals surface area (Å²) in [4.78, 5) is 24.8. The molecule has 0 aromatic heterocycles. The molecule has 6 heteroatoms. The monoisotopic (exact) mass is 257 g/mol. The van der Waals surface area contributed by atoms with E-state index in [2.05, 4.69) is 10.6 Å². The first-order valence-corrected chi connectivity index (χ1v) is 6.45. The van der Waals surface area contributed by atoms with Crippen LogP contribution >= 0.6 is 0 Å². The minimum Gasteiger partial charge on any atom is -0.390 e. The first-order valence-electron chi connectivity index (χ1n) is 6.45. The molecule has 104 valence electrons. The van der Waals surface area contributed by atoms with Gasteiger partial charge in [0.05, 0.1) is 12.1 Å². The SMILES string of the molecule is CCCNC(=O)NC(=O)CN1CCC(C)(O)CC1. The Kier molecular flexibility index (Phi) is 5.55.